The number of carboxylic acids is 1. The topological polar surface area (TPSA) is 197 Å². The molecule has 4 aliphatic heterocycles. The molecule has 0 radical (unpaired) electrons. The third-order valence-corrected chi connectivity index (χ3v) is 14.1. The SMILES string of the molecule is COc1cc(C(=O)N2CCC3(CC2)CC(CO)c2ccccc2O3)ccc1OC(C)C.COc1cc(C(=O)N2CCC3(CC2)CC(COC(F)F)c2ccccc2O3)ccc1OC(C)C.O=C(O)C(F)(F)S(=O)(=O)F. The van der Waals surface area contributed by atoms with Crippen LogP contribution in [-0.2, 0) is 19.8 Å². The van der Waals surface area contributed by atoms with Gasteiger partial charge in [0.2, 0.25) is 0 Å². The highest BCUT2D eigenvalue weighted by Gasteiger charge is 2.54. The number of likely N-dealkylation sites (tertiary alicyclic amines) is 2. The highest BCUT2D eigenvalue weighted by Crippen LogP contribution is 2.47. The number of methoxy groups -OCH3 is 2. The number of nitrogens with zero attached hydrogens (tertiary/aromatic N) is 2. The molecule has 2 amide bonds. The van der Waals surface area contributed by atoms with Gasteiger partial charge in [-0.2, -0.15) is 26.0 Å². The van der Waals surface area contributed by atoms with Crippen LogP contribution in [0.5, 0.6) is 34.5 Å². The summed E-state index contributed by atoms with van der Waals surface area (Å²) in [7, 11) is -3.20. The van der Waals surface area contributed by atoms with Crippen LogP contribution < -0.4 is 28.4 Å². The van der Waals surface area contributed by atoms with Gasteiger partial charge in [0.05, 0.1) is 39.6 Å². The maximum atomic E-state index is 13.2. The molecule has 2 spiro atoms. The number of hydrogen-bond donors (Lipinski definition) is 2. The number of ether oxygens (including phenoxy) is 7. The molecule has 4 heterocycles. The van der Waals surface area contributed by atoms with Crippen LogP contribution >= 0.6 is 0 Å². The first-order valence-electron chi connectivity index (χ1n) is 24.3. The van der Waals surface area contributed by atoms with Crippen LogP contribution in [0.2, 0.25) is 0 Å². The van der Waals surface area contributed by atoms with E-state index in [2.05, 4.69) is 4.74 Å². The van der Waals surface area contributed by atoms with Crippen molar-refractivity contribution in [2.45, 2.75) is 113 Å². The maximum Gasteiger partial charge on any atom is 0.470 e. The summed E-state index contributed by atoms with van der Waals surface area (Å²) in [5.74, 6) is 0.637. The molecule has 410 valence electrons. The lowest BCUT2D eigenvalue weighted by molar-refractivity contribution is -0.154. The van der Waals surface area contributed by atoms with E-state index in [9.17, 15) is 49.4 Å². The number of carboxylic acid groups (broad SMARTS) is 1. The number of rotatable bonds is 14. The molecule has 2 fully saturated rings. The highest BCUT2D eigenvalue weighted by molar-refractivity contribution is 7.88. The lowest BCUT2D eigenvalue weighted by atomic mass is 9.77. The van der Waals surface area contributed by atoms with Crippen molar-refractivity contribution < 1.29 is 87.6 Å². The molecular formula is C53H63F5N2O14S. The number of piperidine rings is 2. The number of hydrogen-bond acceptors (Lipinski definition) is 13. The van der Waals surface area contributed by atoms with Crippen LogP contribution in [0, 0.1) is 0 Å². The van der Waals surface area contributed by atoms with E-state index in [4.69, 9.17) is 33.5 Å². The van der Waals surface area contributed by atoms with Gasteiger partial charge in [0.15, 0.2) is 23.0 Å². The minimum absolute atomic E-state index is 0.00993. The Morgan fingerprint density at radius 2 is 1.08 bits per heavy atom. The van der Waals surface area contributed by atoms with Gasteiger partial charge in [0.25, 0.3) is 11.8 Å². The lowest BCUT2D eigenvalue weighted by Gasteiger charge is -2.47. The van der Waals surface area contributed by atoms with E-state index in [1.165, 1.54) is 0 Å². The number of fused-ring (bicyclic) bond motifs is 2. The number of para-hydroxylation sites is 2. The zero-order valence-corrected chi connectivity index (χ0v) is 43.3. The maximum absolute atomic E-state index is 13.2. The Bertz CT molecular complexity index is 2730. The van der Waals surface area contributed by atoms with Gasteiger partial charge in [-0.3, -0.25) is 9.59 Å². The Hall–Kier alpha value is -6.39. The summed E-state index contributed by atoms with van der Waals surface area (Å²) in [4.78, 5) is 39.3. The minimum Gasteiger partial charge on any atom is -0.493 e. The van der Waals surface area contributed by atoms with Crippen LogP contribution in [0.4, 0.5) is 21.4 Å². The van der Waals surface area contributed by atoms with E-state index >= 15 is 0 Å². The Morgan fingerprint density at radius 1 is 0.680 bits per heavy atom. The van der Waals surface area contributed by atoms with Crippen LogP contribution in [0.15, 0.2) is 84.9 Å². The molecule has 0 bridgehead atoms. The minimum atomic E-state index is -6.33. The second-order valence-electron chi connectivity index (χ2n) is 19.1. The van der Waals surface area contributed by atoms with Crippen molar-refractivity contribution in [2.75, 3.05) is 53.6 Å². The molecule has 75 heavy (non-hydrogen) atoms. The second-order valence-corrected chi connectivity index (χ2v) is 20.5. The van der Waals surface area contributed by atoms with Gasteiger partial charge in [-0.05, 0) is 100 Å². The molecule has 2 N–H and O–H groups in total. The third kappa shape index (κ3) is 14.1. The Labute approximate surface area is 432 Å². The average molecular weight is 1080 g/mol. The molecule has 8 rings (SSSR count). The van der Waals surface area contributed by atoms with E-state index in [0.29, 0.717) is 85.3 Å². The van der Waals surface area contributed by atoms with Gasteiger partial charge in [-0.15, -0.1) is 0 Å². The predicted octanol–water partition coefficient (Wildman–Crippen LogP) is 9.24. The fourth-order valence-electron chi connectivity index (χ4n) is 9.61. The number of benzene rings is 4. The normalized spacial score (nSPS) is 18.5. The monoisotopic (exact) mass is 1080 g/mol. The quantitative estimate of drug-likeness (QED) is 0.0895. The van der Waals surface area contributed by atoms with E-state index < -0.39 is 33.7 Å². The first-order valence-corrected chi connectivity index (χ1v) is 25.7. The van der Waals surface area contributed by atoms with Crippen LogP contribution in [0.1, 0.15) is 110 Å². The molecule has 0 saturated carbocycles. The molecule has 2 atom stereocenters. The molecule has 4 aromatic rings. The summed E-state index contributed by atoms with van der Waals surface area (Å²) in [6, 6.07) is 26.0. The number of halogens is 5. The number of amides is 2. The second kappa shape index (κ2) is 24.5. The first-order chi connectivity index (χ1) is 35.4. The van der Waals surface area contributed by atoms with Gasteiger partial charge in [-0.1, -0.05) is 40.3 Å². The van der Waals surface area contributed by atoms with Crippen LogP contribution in [0.3, 0.4) is 0 Å². The number of carbonyl (C=O) groups excluding carboxylic acids is 2. The molecule has 4 aliphatic rings. The highest BCUT2D eigenvalue weighted by atomic mass is 32.3. The predicted molar refractivity (Wildman–Crippen MR) is 264 cm³/mol. The lowest BCUT2D eigenvalue weighted by Crippen LogP contribution is -2.52. The molecule has 0 aromatic heterocycles. The Morgan fingerprint density at radius 3 is 1.43 bits per heavy atom. The van der Waals surface area contributed by atoms with Crippen molar-refractivity contribution in [1.82, 2.24) is 9.80 Å². The third-order valence-electron chi connectivity index (χ3n) is 13.3. The fraction of sp³-hybridized carbons (Fsp3) is 0.491. The molecular weight excluding hydrogens is 1020 g/mol. The molecule has 4 aromatic carbocycles. The molecule has 22 heteroatoms. The van der Waals surface area contributed by atoms with Crippen molar-refractivity contribution >= 4 is 28.0 Å². The summed E-state index contributed by atoms with van der Waals surface area (Å²) < 4.78 is 118. The van der Waals surface area contributed by atoms with Crippen molar-refractivity contribution in [1.29, 1.82) is 0 Å². The average Bonchev–Trinajstić information content (AvgIpc) is 3.38. The first kappa shape index (κ1) is 57.9. The van der Waals surface area contributed by atoms with Crippen molar-refractivity contribution in [3.05, 3.63) is 107 Å². The smallest absolute Gasteiger partial charge is 0.470 e. The van der Waals surface area contributed by atoms with Crippen molar-refractivity contribution in [2.24, 2.45) is 0 Å². The van der Waals surface area contributed by atoms with Crippen molar-refractivity contribution in [3.8, 4) is 34.5 Å². The fourth-order valence-corrected chi connectivity index (χ4v) is 9.82. The van der Waals surface area contributed by atoms with E-state index in [-0.39, 0.29) is 54.7 Å². The van der Waals surface area contributed by atoms with E-state index in [1.807, 2.05) is 81.1 Å². The Balaban J connectivity index is 0.000000207. The van der Waals surface area contributed by atoms with E-state index in [1.54, 1.807) is 55.5 Å². The van der Waals surface area contributed by atoms with E-state index in [0.717, 1.165) is 36.1 Å². The number of aliphatic carboxylic acids is 1. The molecule has 2 saturated heterocycles. The summed E-state index contributed by atoms with van der Waals surface area (Å²) in [6.07, 6.45) is 4.09. The van der Waals surface area contributed by atoms with Gasteiger partial charge in [-0.25, -0.2) is 4.79 Å². The molecule has 0 aliphatic carbocycles. The molecule has 2 unspecified atom stereocenters. The van der Waals surface area contributed by atoms with Gasteiger partial charge in [0, 0.05) is 74.8 Å². The zero-order chi connectivity index (χ0) is 54.9. The largest absolute Gasteiger partial charge is 0.493 e. The molecule has 16 nitrogen and oxygen atoms in total. The summed E-state index contributed by atoms with van der Waals surface area (Å²) >= 11 is 0. The number of alkyl halides is 4. The van der Waals surface area contributed by atoms with Gasteiger partial charge >= 0.3 is 28.1 Å². The van der Waals surface area contributed by atoms with Gasteiger partial charge < -0.3 is 53.2 Å². The van der Waals surface area contributed by atoms with Crippen LogP contribution in [-0.4, -0.2) is 135 Å². The Kier molecular flexibility index (Phi) is 18.9. The summed E-state index contributed by atoms with van der Waals surface area (Å²) in [5, 5.41) is 12.0. The number of carbonyl (C=O) groups is 3. The van der Waals surface area contributed by atoms with Gasteiger partial charge in [0.1, 0.15) is 22.7 Å². The van der Waals surface area contributed by atoms with Crippen LogP contribution in [0.25, 0.3) is 0 Å². The van der Waals surface area contributed by atoms with Crippen molar-refractivity contribution in [3.63, 3.8) is 0 Å². The zero-order valence-electron chi connectivity index (χ0n) is 42.4. The summed E-state index contributed by atoms with van der Waals surface area (Å²) in [5.41, 5.74) is 2.25. The summed E-state index contributed by atoms with van der Waals surface area (Å²) in [6.45, 7) is 7.26. The number of aliphatic hydroxyl groups is 1. The standard InChI is InChI=1S/C26H31F2NO5.C25H31NO5.C2HF3O4S/c1-17(2)33-22-9-8-18(14-23(22)31-3)24(30)29-12-10-26(11-13-29)15-19(16-32-25(27)28)20-6-4-5-7-21(20)34-26;1-17(2)30-22-9-8-18(14-23(22)29-3)24(28)26-12-10-25(11-13-26)15-19(16-27)20-6-4-5-7-21(20)31-25;3-2(4,1(6)7)10(5,8)9/h4-9,14,17,19,25H,10-13,15-16H2,1-3H3;4-9,14,17,19,27H,10-13,15-16H2,1-3H3;(H,6,7). The number of aliphatic hydroxyl groups excluding tert-OH is 1.